The fraction of sp³-hybridized carbons (Fsp3) is 0.600. The number of hydrogen-bond donors (Lipinski definition) is 0. The molecule has 16 heavy (non-hydrogen) atoms. The molecule has 0 spiro atoms. The molecular weight excluding hydrogens is 355 g/mol. The molecule has 88 valence electrons. The highest BCUT2D eigenvalue weighted by Crippen LogP contribution is 2.38. The van der Waals surface area contributed by atoms with Gasteiger partial charge in [0.2, 0.25) is 0 Å². The third-order valence-corrected chi connectivity index (χ3v) is 5.58. The summed E-state index contributed by atoms with van der Waals surface area (Å²) in [7, 11) is -0.290. The van der Waals surface area contributed by atoms with Gasteiger partial charge in [0.1, 0.15) is 0 Å². The Bertz CT molecular complexity index is 401. The van der Waals surface area contributed by atoms with Crippen molar-refractivity contribution in [1.29, 1.82) is 0 Å². The van der Waals surface area contributed by atoms with Crippen LogP contribution in [0.25, 0.3) is 0 Å². The van der Waals surface area contributed by atoms with Crippen molar-refractivity contribution in [3.63, 3.8) is 0 Å². The predicted molar refractivity (Wildman–Crippen MR) is 75.4 cm³/mol. The maximum atomic E-state index is 5.98. The van der Waals surface area contributed by atoms with Crippen LogP contribution in [0.2, 0.25) is 0 Å². The molecule has 1 saturated heterocycles. The Balaban J connectivity index is 2.30. The molecule has 0 unspecified atom stereocenters. The van der Waals surface area contributed by atoms with Crippen LogP contribution in [-0.4, -0.2) is 18.3 Å². The van der Waals surface area contributed by atoms with Crippen LogP contribution in [0.1, 0.15) is 27.7 Å². The van der Waals surface area contributed by atoms with Gasteiger partial charge in [-0.05, 0) is 65.6 Å². The summed E-state index contributed by atoms with van der Waals surface area (Å²) in [5, 5.41) is 0. The first kappa shape index (κ1) is 13.1. The van der Waals surface area contributed by atoms with Gasteiger partial charge < -0.3 is 9.31 Å². The second kappa shape index (κ2) is 4.09. The highest BCUT2D eigenvalue weighted by Gasteiger charge is 2.52. The average Bonchev–Trinajstić information content (AvgIpc) is 2.51. The summed E-state index contributed by atoms with van der Waals surface area (Å²) in [6.07, 6.45) is 0. The van der Waals surface area contributed by atoms with Gasteiger partial charge in [-0.15, -0.1) is 11.3 Å². The SMILES string of the molecule is CC1(C)OB(c2cc(Br)sc2Br)OC1(C)C. The van der Waals surface area contributed by atoms with E-state index in [4.69, 9.17) is 9.31 Å². The first-order valence-electron chi connectivity index (χ1n) is 5.03. The Morgan fingerprint density at radius 2 is 1.62 bits per heavy atom. The van der Waals surface area contributed by atoms with Crippen LogP contribution in [0, 0.1) is 0 Å². The van der Waals surface area contributed by atoms with E-state index < -0.39 is 0 Å². The van der Waals surface area contributed by atoms with Crippen LogP contribution in [0.4, 0.5) is 0 Å². The molecule has 1 aliphatic heterocycles. The van der Waals surface area contributed by atoms with E-state index in [-0.39, 0.29) is 18.3 Å². The van der Waals surface area contributed by atoms with E-state index in [0.29, 0.717) is 0 Å². The Kier molecular flexibility index (Phi) is 3.34. The monoisotopic (exact) mass is 366 g/mol. The summed E-state index contributed by atoms with van der Waals surface area (Å²) in [5.74, 6) is 0. The van der Waals surface area contributed by atoms with Gasteiger partial charge in [0, 0.05) is 5.46 Å². The highest BCUT2D eigenvalue weighted by atomic mass is 79.9. The molecule has 0 atom stereocenters. The van der Waals surface area contributed by atoms with Crippen LogP contribution in [-0.2, 0) is 9.31 Å². The summed E-state index contributed by atoms with van der Waals surface area (Å²) in [4.78, 5) is 0. The molecule has 0 radical (unpaired) electrons. The van der Waals surface area contributed by atoms with Gasteiger partial charge in [-0.2, -0.15) is 0 Å². The lowest BCUT2D eigenvalue weighted by Gasteiger charge is -2.32. The van der Waals surface area contributed by atoms with Crippen molar-refractivity contribution in [2.75, 3.05) is 0 Å². The maximum Gasteiger partial charge on any atom is 0.496 e. The highest BCUT2D eigenvalue weighted by molar-refractivity contribution is 9.12. The number of hydrogen-bond acceptors (Lipinski definition) is 3. The fourth-order valence-electron chi connectivity index (χ4n) is 1.48. The maximum absolute atomic E-state index is 5.98. The second-order valence-corrected chi connectivity index (χ2v) is 8.62. The summed E-state index contributed by atoms with van der Waals surface area (Å²) >= 11 is 8.62. The molecule has 2 heterocycles. The van der Waals surface area contributed by atoms with Gasteiger partial charge in [-0.1, -0.05) is 0 Å². The van der Waals surface area contributed by atoms with Crippen LogP contribution < -0.4 is 5.46 Å². The van der Waals surface area contributed by atoms with E-state index in [1.54, 1.807) is 11.3 Å². The van der Waals surface area contributed by atoms with Gasteiger partial charge >= 0.3 is 7.12 Å². The van der Waals surface area contributed by atoms with Gasteiger partial charge in [0.15, 0.2) is 0 Å². The van der Waals surface area contributed by atoms with Crippen molar-refractivity contribution < 1.29 is 9.31 Å². The van der Waals surface area contributed by atoms with E-state index in [1.165, 1.54) is 0 Å². The van der Waals surface area contributed by atoms with Crippen molar-refractivity contribution in [2.45, 2.75) is 38.9 Å². The third-order valence-electron chi connectivity index (χ3n) is 3.19. The van der Waals surface area contributed by atoms with Crippen molar-refractivity contribution in [1.82, 2.24) is 0 Å². The standard InChI is InChI=1S/C10H13BBr2O2S/c1-9(2)10(3,4)15-11(14-9)6-5-7(12)16-8(6)13/h5H,1-4H3. The predicted octanol–water partition coefficient (Wildman–Crippen LogP) is 3.57. The molecule has 0 saturated carbocycles. The molecule has 1 fully saturated rings. The topological polar surface area (TPSA) is 18.5 Å². The minimum absolute atomic E-state index is 0.286. The zero-order chi connectivity index (χ0) is 12.1. The summed E-state index contributed by atoms with van der Waals surface area (Å²) < 4.78 is 14.1. The molecule has 6 heteroatoms. The van der Waals surface area contributed by atoms with Gasteiger partial charge in [-0.25, -0.2) is 0 Å². The molecule has 0 aromatic carbocycles. The lowest BCUT2D eigenvalue weighted by molar-refractivity contribution is 0.00578. The Morgan fingerprint density at radius 3 is 2.00 bits per heavy atom. The lowest BCUT2D eigenvalue weighted by Crippen LogP contribution is -2.41. The molecule has 1 aliphatic rings. The van der Waals surface area contributed by atoms with E-state index in [9.17, 15) is 0 Å². The molecule has 1 aromatic heterocycles. The normalized spacial score (nSPS) is 22.8. The molecule has 0 aliphatic carbocycles. The van der Waals surface area contributed by atoms with E-state index >= 15 is 0 Å². The van der Waals surface area contributed by atoms with Crippen LogP contribution in [0.3, 0.4) is 0 Å². The third kappa shape index (κ3) is 2.15. The van der Waals surface area contributed by atoms with E-state index in [2.05, 4.69) is 59.6 Å². The second-order valence-electron chi connectivity index (χ2n) is 4.87. The van der Waals surface area contributed by atoms with Crippen LogP contribution in [0.5, 0.6) is 0 Å². The molecule has 0 bridgehead atoms. The Labute approximate surface area is 117 Å². The minimum atomic E-state index is -0.290. The lowest BCUT2D eigenvalue weighted by atomic mass is 9.81. The Morgan fingerprint density at radius 1 is 1.12 bits per heavy atom. The Hall–Kier alpha value is 0.645. The van der Waals surface area contributed by atoms with Gasteiger partial charge in [0.25, 0.3) is 0 Å². The first-order chi connectivity index (χ1) is 7.23. The molecule has 2 rings (SSSR count). The van der Waals surface area contributed by atoms with Gasteiger partial charge in [-0.3, -0.25) is 0 Å². The minimum Gasteiger partial charge on any atom is -0.399 e. The molecule has 0 amide bonds. The van der Waals surface area contributed by atoms with Crippen molar-refractivity contribution in [3.8, 4) is 0 Å². The fourth-order valence-corrected chi connectivity index (χ4v) is 4.32. The first-order valence-corrected chi connectivity index (χ1v) is 7.43. The summed E-state index contributed by atoms with van der Waals surface area (Å²) in [6, 6.07) is 2.04. The molecular formula is C10H13BBr2O2S. The molecule has 0 N–H and O–H groups in total. The zero-order valence-corrected chi connectivity index (χ0v) is 13.6. The van der Waals surface area contributed by atoms with Gasteiger partial charge in [0.05, 0.1) is 18.8 Å². The van der Waals surface area contributed by atoms with Crippen molar-refractivity contribution >= 4 is 55.8 Å². The quantitative estimate of drug-likeness (QED) is 0.706. The molecule has 2 nitrogen and oxygen atoms in total. The van der Waals surface area contributed by atoms with E-state index in [1.807, 2.05) is 6.07 Å². The smallest absolute Gasteiger partial charge is 0.399 e. The van der Waals surface area contributed by atoms with Crippen LogP contribution >= 0.6 is 43.2 Å². The average molecular weight is 368 g/mol. The number of halogens is 2. The summed E-state index contributed by atoms with van der Waals surface area (Å²) in [5.41, 5.74) is 0.479. The number of rotatable bonds is 1. The largest absolute Gasteiger partial charge is 0.496 e. The zero-order valence-electron chi connectivity index (χ0n) is 9.64. The van der Waals surface area contributed by atoms with Crippen molar-refractivity contribution in [2.24, 2.45) is 0 Å². The van der Waals surface area contributed by atoms with Crippen molar-refractivity contribution in [3.05, 3.63) is 13.6 Å². The molecule has 1 aromatic rings. The van der Waals surface area contributed by atoms with Crippen LogP contribution in [0.15, 0.2) is 13.6 Å². The van der Waals surface area contributed by atoms with E-state index in [0.717, 1.165) is 13.0 Å². The number of thiophene rings is 1. The summed E-state index contributed by atoms with van der Waals surface area (Å²) in [6.45, 7) is 8.23.